The van der Waals surface area contributed by atoms with E-state index in [4.69, 9.17) is 4.42 Å². The molecule has 0 aliphatic carbocycles. The summed E-state index contributed by atoms with van der Waals surface area (Å²) in [6, 6.07) is 9.31. The van der Waals surface area contributed by atoms with Crippen LogP contribution in [0.4, 0.5) is 10.5 Å². The van der Waals surface area contributed by atoms with Crippen molar-refractivity contribution in [1.82, 2.24) is 10.2 Å². The maximum absolute atomic E-state index is 12.7. The van der Waals surface area contributed by atoms with E-state index in [1.807, 2.05) is 19.1 Å². The predicted octanol–water partition coefficient (Wildman–Crippen LogP) is 2.62. The smallest absolute Gasteiger partial charge is 0.332 e. The summed E-state index contributed by atoms with van der Waals surface area (Å²) in [7, 11) is 0. The van der Waals surface area contributed by atoms with Gasteiger partial charge >= 0.3 is 6.03 Å². The van der Waals surface area contributed by atoms with Gasteiger partial charge in [0.15, 0.2) is 0 Å². The minimum atomic E-state index is -0.652. The third kappa shape index (κ3) is 3.33. The number of imide groups is 1. The van der Waals surface area contributed by atoms with Crippen LogP contribution >= 0.6 is 0 Å². The van der Waals surface area contributed by atoms with E-state index in [1.165, 1.54) is 11.2 Å². The van der Waals surface area contributed by atoms with E-state index in [1.54, 1.807) is 38.1 Å². The average Bonchev–Trinajstić information content (AvgIpc) is 3.21. The quantitative estimate of drug-likeness (QED) is 0.836. The van der Waals surface area contributed by atoms with Crippen LogP contribution in [-0.4, -0.2) is 35.3 Å². The first kappa shape index (κ1) is 17.7. The number of urea groups is 1. The highest BCUT2D eigenvalue weighted by Crippen LogP contribution is 2.26. The molecule has 4 amide bonds. The van der Waals surface area contributed by atoms with Crippen molar-refractivity contribution in [3.8, 4) is 0 Å². The molecule has 0 spiro atoms. The maximum Gasteiger partial charge on any atom is 0.332 e. The summed E-state index contributed by atoms with van der Waals surface area (Å²) in [4.78, 5) is 39.8. The third-order valence-corrected chi connectivity index (χ3v) is 4.41. The normalized spacial score (nSPS) is 18.3. The summed E-state index contributed by atoms with van der Waals surface area (Å²) in [5.74, 6) is -0.211. The first-order chi connectivity index (χ1) is 12.4. The molecule has 7 nitrogen and oxygen atoms in total. The van der Waals surface area contributed by atoms with Crippen LogP contribution in [0.3, 0.4) is 0 Å². The monoisotopic (exact) mass is 355 g/mol. The lowest BCUT2D eigenvalue weighted by Crippen LogP contribution is -2.42. The van der Waals surface area contributed by atoms with Crippen molar-refractivity contribution in [2.24, 2.45) is 0 Å². The minimum Gasteiger partial charge on any atom is -0.467 e. The standard InChI is InChI=1S/C19H21N3O4/c1-12-6-8-15(9-7-12)22-14(3)18(24)21(19(22)25)11-17(23)20-13(2)16-5-4-10-26-16/h4-10,13-14H,11H2,1-3H3,(H,20,23)/t13-,14+/m0/s1. The van der Waals surface area contributed by atoms with Crippen molar-refractivity contribution in [3.63, 3.8) is 0 Å². The Morgan fingerprint density at radius 3 is 2.54 bits per heavy atom. The van der Waals surface area contributed by atoms with Gasteiger partial charge in [-0.15, -0.1) is 0 Å². The fraction of sp³-hybridized carbons (Fsp3) is 0.316. The van der Waals surface area contributed by atoms with Crippen LogP contribution < -0.4 is 10.2 Å². The maximum atomic E-state index is 12.7. The van der Waals surface area contributed by atoms with E-state index in [-0.39, 0.29) is 12.6 Å². The average molecular weight is 355 g/mol. The molecule has 1 aromatic carbocycles. The van der Waals surface area contributed by atoms with Crippen molar-refractivity contribution in [3.05, 3.63) is 54.0 Å². The van der Waals surface area contributed by atoms with E-state index >= 15 is 0 Å². The van der Waals surface area contributed by atoms with Gasteiger partial charge in [-0.25, -0.2) is 4.79 Å². The molecule has 1 N–H and O–H groups in total. The number of nitrogens with zero attached hydrogens (tertiary/aromatic N) is 2. The van der Waals surface area contributed by atoms with Crippen molar-refractivity contribution in [2.75, 3.05) is 11.4 Å². The van der Waals surface area contributed by atoms with E-state index < -0.39 is 23.9 Å². The molecule has 0 bridgehead atoms. The van der Waals surface area contributed by atoms with E-state index in [2.05, 4.69) is 5.32 Å². The summed E-state index contributed by atoms with van der Waals surface area (Å²) < 4.78 is 5.24. The van der Waals surface area contributed by atoms with Gasteiger partial charge in [-0.1, -0.05) is 17.7 Å². The second-order valence-corrected chi connectivity index (χ2v) is 6.39. The number of hydrogen-bond acceptors (Lipinski definition) is 4. The number of carbonyl (C=O) groups is 3. The molecular weight excluding hydrogens is 334 g/mol. The molecule has 1 aliphatic rings. The lowest BCUT2D eigenvalue weighted by Gasteiger charge is -2.19. The fourth-order valence-corrected chi connectivity index (χ4v) is 2.95. The molecule has 2 atom stereocenters. The van der Waals surface area contributed by atoms with Crippen molar-refractivity contribution in [1.29, 1.82) is 0 Å². The van der Waals surface area contributed by atoms with Crippen molar-refractivity contribution >= 4 is 23.5 Å². The number of carbonyl (C=O) groups excluding carboxylic acids is 3. The zero-order chi connectivity index (χ0) is 18.8. The zero-order valence-electron chi connectivity index (χ0n) is 14.9. The first-order valence-electron chi connectivity index (χ1n) is 8.42. The molecule has 26 heavy (non-hydrogen) atoms. The molecule has 1 aliphatic heterocycles. The Labute approximate surface area is 151 Å². The van der Waals surface area contributed by atoms with Crippen LogP contribution in [0.5, 0.6) is 0 Å². The number of anilines is 1. The van der Waals surface area contributed by atoms with Crippen LogP contribution in [0, 0.1) is 6.92 Å². The summed E-state index contributed by atoms with van der Waals surface area (Å²) in [5, 5.41) is 2.73. The summed E-state index contributed by atoms with van der Waals surface area (Å²) >= 11 is 0. The van der Waals surface area contributed by atoms with Crippen molar-refractivity contribution in [2.45, 2.75) is 32.9 Å². The Morgan fingerprint density at radius 1 is 1.23 bits per heavy atom. The van der Waals surface area contributed by atoms with Gasteiger partial charge < -0.3 is 9.73 Å². The highest BCUT2D eigenvalue weighted by atomic mass is 16.3. The van der Waals surface area contributed by atoms with Gasteiger partial charge in [0.25, 0.3) is 5.91 Å². The van der Waals surface area contributed by atoms with Gasteiger partial charge in [-0.05, 0) is 45.0 Å². The van der Waals surface area contributed by atoms with Gasteiger partial charge in [0.05, 0.1) is 12.3 Å². The van der Waals surface area contributed by atoms with Crippen LogP contribution in [0.25, 0.3) is 0 Å². The second kappa shape index (κ2) is 7.03. The number of amides is 4. The fourth-order valence-electron chi connectivity index (χ4n) is 2.95. The van der Waals surface area contributed by atoms with E-state index in [0.29, 0.717) is 11.4 Å². The Hall–Kier alpha value is -3.09. The Bertz CT molecular complexity index is 814. The minimum absolute atomic E-state index is 0.324. The molecule has 3 rings (SSSR count). The third-order valence-electron chi connectivity index (χ3n) is 4.41. The van der Waals surface area contributed by atoms with Crippen molar-refractivity contribution < 1.29 is 18.8 Å². The molecule has 2 aromatic rings. The van der Waals surface area contributed by atoms with Gasteiger partial charge in [-0.3, -0.25) is 19.4 Å². The summed E-state index contributed by atoms with van der Waals surface area (Å²) in [5.41, 5.74) is 1.69. The van der Waals surface area contributed by atoms with E-state index in [0.717, 1.165) is 10.5 Å². The zero-order valence-corrected chi connectivity index (χ0v) is 14.9. The molecule has 0 unspecified atom stereocenters. The van der Waals surface area contributed by atoms with Crippen LogP contribution in [0.15, 0.2) is 47.1 Å². The topological polar surface area (TPSA) is 82.9 Å². The van der Waals surface area contributed by atoms with Gasteiger partial charge in [0.1, 0.15) is 18.3 Å². The Balaban J connectivity index is 1.70. The molecular formula is C19H21N3O4. The number of rotatable bonds is 5. The lowest BCUT2D eigenvalue weighted by molar-refractivity contribution is -0.132. The number of furan rings is 1. The molecule has 136 valence electrons. The SMILES string of the molecule is Cc1ccc(N2C(=O)N(CC(=O)N[C@@H](C)c3ccco3)C(=O)[C@H]2C)cc1. The van der Waals surface area contributed by atoms with Crippen LogP contribution in [0.2, 0.25) is 0 Å². The lowest BCUT2D eigenvalue weighted by atomic mass is 10.2. The molecule has 1 aromatic heterocycles. The molecule has 2 heterocycles. The predicted molar refractivity (Wildman–Crippen MR) is 95.5 cm³/mol. The summed E-state index contributed by atoms with van der Waals surface area (Å²) in [6.07, 6.45) is 1.52. The molecule has 7 heteroatoms. The van der Waals surface area contributed by atoms with Crippen LogP contribution in [0.1, 0.15) is 31.2 Å². The molecule has 0 radical (unpaired) electrons. The van der Waals surface area contributed by atoms with Gasteiger partial charge in [0.2, 0.25) is 5.91 Å². The second-order valence-electron chi connectivity index (χ2n) is 6.39. The van der Waals surface area contributed by atoms with Crippen LogP contribution in [-0.2, 0) is 9.59 Å². The largest absolute Gasteiger partial charge is 0.467 e. The first-order valence-corrected chi connectivity index (χ1v) is 8.42. The molecule has 1 fully saturated rings. The number of nitrogens with one attached hydrogen (secondary N) is 1. The number of hydrogen-bond donors (Lipinski definition) is 1. The van der Waals surface area contributed by atoms with Gasteiger partial charge in [0, 0.05) is 5.69 Å². The summed E-state index contributed by atoms with van der Waals surface area (Å²) in [6.45, 7) is 5.05. The molecule has 0 saturated carbocycles. The highest BCUT2D eigenvalue weighted by Gasteiger charge is 2.44. The Morgan fingerprint density at radius 2 is 1.92 bits per heavy atom. The highest BCUT2D eigenvalue weighted by molar-refractivity contribution is 6.15. The number of benzene rings is 1. The molecule has 1 saturated heterocycles. The number of aryl methyl sites for hydroxylation is 1. The Kier molecular flexibility index (Phi) is 4.79. The van der Waals surface area contributed by atoms with E-state index in [9.17, 15) is 14.4 Å². The van der Waals surface area contributed by atoms with Gasteiger partial charge in [-0.2, -0.15) is 0 Å².